The molecule has 1 unspecified atom stereocenters. The zero-order chi connectivity index (χ0) is 9.19. The fourth-order valence-corrected chi connectivity index (χ4v) is 1.83. The van der Waals surface area contributed by atoms with Crippen LogP contribution in [-0.4, -0.2) is 45.2 Å². The third-order valence-corrected chi connectivity index (χ3v) is 2.26. The van der Waals surface area contributed by atoms with Gasteiger partial charge < -0.3 is 4.90 Å². The minimum atomic E-state index is -3.38. The van der Waals surface area contributed by atoms with E-state index in [1.54, 1.807) is 0 Å². The Labute approximate surface area is 71.4 Å². The number of hydrogen-bond donors (Lipinski definition) is 0. The highest BCUT2D eigenvalue weighted by Crippen LogP contribution is 2.12. The van der Waals surface area contributed by atoms with E-state index in [0.29, 0.717) is 25.9 Å². The topological polar surface area (TPSA) is 63.7 Å². The van der Waals surface area contributed by atoms with Gasteiger partial charge in [0, 0.05) is 13.1 Å². The van der Waals surface area contributed by atoms with Crippen LogP contribution in [0.5, 0.6) is 0 Å². The zero-order valence-electron chi connectivity index (χ0n) is 6.76. The van der Waals surface area contributed by atoms with Gasteiger partial charge in [0.2, 0.25) is 6.41 Å². The van der Waals surface area contributed by atoms with Crippen LogP contribution in [0.1, 0.15) is 6.42 Å². The molecule has 0 N–H and O–H groups in total. The Morgan fingerprint density at radius 2 is 2.25 bits per heavy atom. The molecule has 0 aliphatic carbocycles. The molecule has 0 aromatic heterocycles. The molecule has 6 heteroatoms. The molecule has 5 nitrogen and oxygen atoms in total. The second-order valence-electron chi connectivity index (χ2n) is 2.81. The van der Waals surface area contributed by atoms with Gasteiger partial charge in [-0.05, 0) is 6.42 Å². The first-order valence-electron chi connectivity index (χ1n) is 3.59. The van der Waals surface area contributed by atoms with Crippen molar-refractivity contribution >= 4 is 16.5 Å². The molecule has 12 heavy (non-hydrogen) atoms. The highest BCUT2D eigenvalue weighted by molar-refractivity contribution is 7.86. The first kappa shape index (κ1) is 9.47. The average Bonchev–Trinajstić information content (AvgIpc) is 2.32. The lowest BCUT2D eigenvalue weighted by Gasteiger charge is -2.09. The van der Waals surface area contributed by atoms with E-state index in [1.165, 1.54) is 4.90 Å². The van der Waals surface area contributed by atoms with Gasteiger partial charge in [0.25, 0.3) is 10.1 Å². The molecule has 1 atom stereocenters. The van der Waals surface area contributed by atoms with Crippen molar-refractivity contribution in [2.24, 2.45) is 0 Å². The standard InChI is InChI=1S/C6H11NO4S/c1-12(9,10)11-6-2-3-7(4-6)5-8/h5-6H,2-4H2,1H3. The van der Waals surface area contributed by atoms with Gasteiger partial charge in [-0.2, -0.15) is 8.42 Å². The summed E-state index contributed by atoms with van der Waals surface area (Å²) >= 11 is 0. The number of hydrogen-bond acceptors (Lipinski definition) is 4. The van der Waals surface area contributed by atoms with E-state index in [-0.39, 0.29) is 6.10 Å². The molecule has 0 radical (unpaired) electrons. The molecule has 1 heterocycles. The van der Waals surface area contributed by atoms with Gasteiger partial charge in [-0.25, -0.2) is 0 Å². The Balaban J connectivity index is 2.43. The molecule has 1 aliphatic rings. The van der Waals surface area contributed by atoms with Crippen LogP contribution in [0.4, 0.5) is 0 Å². The molecular formula is C6H11NO4S. The van der Waals surface area contributed by atoms with Gasteiger partial charge >= 0.3 is 0 Å². The van der Waals surface area contributed by atoms with E-state index in [2.05, 4.69) is 0 Å². The summed E-state index contributed by atoms with van der Waals surface area (Å²) in [4.78, 5) is 11.7. The van der Waals surface area contributed by atoms with Crippen LogP contribution < -0.4 is 0 Å². The van der Waals surface area contributed by atoms with Gasteiger partial charge in [0.15, 0.2) is 0 Å². The number of amides is 1. The van der Waals surface area contributed by atoms with Crippen molar-refractivity contribution in [2.75, 3.05) is 19.3 Å². The van der Waals surface area contributed by atoms with Crippen LogP contribution in [0.25, 0.3) is 0 Å². The molecule has 1 amide bonds. The largest absolute Gasteiger partial charge is 0.343 e. The van der Waals surface area contributed by atoms with Crippen LogP contribution in [0.2, 0.25) is 0 Å². The van der Waals surface area contributed by atoms with Crippen molar-refractivity contribution in [3.05, 3.63) is 0 Å². The second-order valence-corrected chi connectivity index (χ2v) is 4.41. The first-order valence-corrected chi connectivity index (χ1v) is 5.40. The summed E-state index contributed by atoms with van der Waals surface area (Å²) < 4.78 is 26.0. The van der Waals surface area contributed by atoms with Crippen molar-refractivity contribution in [1.29, 1.82) is 0 Å². The SMILES string of the molecule is CS(=O)(=O)OC1CCN(C=O)C1. The van der Waals surface area contributed by atoms with Crippen molar-refractivity contribution in [3.63, 3.8) is 0 Å². The predicted octanol–water partition coefficient (Wildman–Crippen LogP) is -0.807. The Morgan fingerprint density at radius 3 is 2.67 bits per heavy atom. The molecule has 1 aliphatic heterocycles. The van der Waals surface area contributed by atoms with E-state index in [4.69, 9.17) is 4.18 Å². The molecule has 0 saturated carbocycles. The summed E-state index contributed by atoms with van der Waals surface area (Å²) in [5, 5.41) is 0. The Kier molecular flexibility index (Phi) is 2.69. The fraction of sp³-hybridized carbons (Fsp3) is 0.833. The third kappa shape index (κ3) is 2.78. The van der Waals surface area contributed by atoms with Gasteiger partial charge in [-0.3, -0.25) is 8.98 Å². The first-order chi connectivity index (χ1) is 5.51. The van der Waals surface area contributed by atoms with E-state index >= 15 is 0 Å². The molecule has 0 aromatic rings. The molecular weight excluding hydrogens is 182 g/mol. The van der Waals surface area contributed by atoms with E-state index in [9.17, 15) is 13.2 Å². The number of carbonyl (C=O) groups is 1. The van der Waals surface area contributed by atoms with Crippen molar-refractivity contribution in [1.82, 2.24) is 4.90 Å². The van der Waals surface area contributed by atoms with Crippen LogP contribution >= 0.6 is 0 Å². The minimum absolute atomic E-state index is 0.356. The smallest absolute Gasteiger partial charge is 0.264 e. The van der Waals surface area contributed by atoms with E-state index in [1.807, 2.05) is 0 Å². The number of rotatable bonds is 3. The summed E-state index contributed by atoms with van der Waals surface area (Å²) in [6.45, 7) is 0.945. The Bertz CT molecular complexity index is 261. The lowest BCUT2D eigenvalue weighted by atomic mass is 10.3. The van der Waals surface area contributed by atoms with Crippen LogP contribution in [0, 0.1) is 0 Å². The monoisotopic (exact) mass is 193 g/mol. The minimum Gasteiger partial charge on any atom is -0.343 e. The zero-order valence-corrected chi connectivity index (χ0v) is 7.58. The lowest BCUT2D eigenvalue weighted by molar-refractivity contribution is -0.117. The highest BCUT2D eigenvalue weighted by atomic mass is 32.2. The summed E-state index contributed by atoms with van der Waals surface area (Å²) in [5.74, 6) is 0. The van der Waals surface area contributed by atoms with Crippen LogP contribution in [0.3, 0.4) is 0 Å². The summed E-state index contributed by atoms with van der Waals surface area (Å²) in [6, 6.07) is 0. The maximum Gasteiger partial charge on any atom is 0.264 e. The average molecular weight is 193 g/mol. The number of carbonyl (C=O) groups excluding carboxylic acids is 1. The van der Waals surface area contributed by atoms with Gasteiger partial charge in [0.1, 0.15) is 0 Å². The fourth-order valence-electron chi connectivity index (χ4n) is 1.18. The third-order valence-electron chi connectivity index (χ3n) is 1.64. The quantitative estimate of drug-likeness (QED) is 0.434. The van der Waals surface area contributed by atoms with Crippen LogP contribution in [-0.2, 0) is 19.1 Å². The van der Waals surface area contributed by atoms with Gasteiger partial charge in [-0.1, -0.05) is 0 Å². The highest BCUT2D eigenvalue weighted by Gasteiger charge is 2.24. The molecule has 0 bridgehead atoms. The molecule has 70 valence electrons. The number of likely N-dealkylation sites (tertiary alicyclic amines) is 1. The summed E-state index contributed by atoms with van der Waals surface area (Å²) in [6.07, 6.45) is 1.94. The van der Waals surface area contributed by atoms with Crippen molar-refractivity contribution < 1.29 is 17.4 Å². The van der Waals surface area contributed by atoms with Gasteiger partial charge in [-0.15, -0.1) is 0 Å². The summed E-state index contributed by atoms with van der Waals surface area (Å²) in [7, 11) is -3.38. The van der Waals surface area contributed by atoms with E-state index < -0.39 is 10.1 Å². The summed E-state index contributed by atoms with van der Waals surface area (Å²) in [5.41, 5.74) is 0. The lowest BCUT2D eigenvalue weighted by Crippen LogP contribution is -2.23. The maximum atomic E-state index is 10.7. The molecule has 0 aromatic carbocycles. The Morgan fingerprint density at radius 1 is 1.58 bits per heavy atom. The second kappa shape index (κ2) is 3.40. The normalized spacial score (nSPS) is 24.4. The van der Waals surface area contributed by atoms with Crippen LogP contribution in [0.15, 0.2) is 0 Å². The molecule has 1 rings (SSSR count). The van der Waals surface area contributed by atoms with Gasteiger partial charge in [0.05, 0.1) is 12.4 Å². The number of nitrogens with zero attached hydrogens (tertiary/aromatic N) is 1. The van der Waals surface area contributed by atoms with Crippen molar-refractivity contribution in [3.8, 4) is 0 Å². The molecule has 1 fully saturated rings. The predicted molar refractivity (Wildman–Crippen MR) is 42.0 cm³/mol. The Hall–Kier alpha value is -0.620. The molecule has 1 saturated heterocycles. The maximum absolute atomic E-state index is 10.7. The van der Waals surface area contributed by atoms with Crippen molar-refractivity contribution in [2.45, 2.75) is 12.5 Å². The molecule has 0 spiro atoms. The van der Waals surface area contributed by atoms with E-state index in [0.717, 1.165) is 6.26 Å².